The van der Waals surface area contributed by atoms with Crippen molar-refractivity contribution in [2.75, 3.05) is 16.6 Å². The lowest BCUT2D eigenvalue weighted by Crippen LogP contribution is -2.16. The van der Waals surface area contributed by atoms with E-state index in [1.165, 1.54) is 0 Å². The SMILES string of the molecule is Cc1noc(NS(=O)(=O)c2ccc3c(c2)NCCC3)n1. The minimum atomic E-state index is -3.72. The molecule has 0 unspecified atom stereocenters. The van der Waals surface area contributed by atoms with Gasteiger partial charge in [0, 0.05) is 12.2 Å². The van der Waals surface area contributed by atoms with Crippen LogP contribution < -0.4 is 10.0 Å². The number of aromatic nitrogens is 2. The van der Waals surface area contributed by atoms with Gasteiger partial charge in [-0.25, -0.2) is 13.1 Å². The first-order chi connectivity index (χ1) is 9.54. The maximum absolute atomic E-state index is 12.2. The number of rotatable bonds is 3. The molecule has 20 heavy (non-hydrogen) atoms. The van der Waals surface area contributed by atoms with Crippen molar-refractivity contribution in [3.63, 3.8) is 0 Å². The highest BCUT2D eigenvalue weighted by Crippen LogP contribution is 2.26. The van der Waals surface area contributed by atoms with Crippen molar-refractivity contribution in [3.8, 4) is 0 Å². The summed E-state index contributed by atoms with van der Waals surface area (Å²) in [5.41, 5.74) is 1.99. The third kappa shape index (κ3) is 2.46. The summed E-state index contributed by atoms with van der Waals surface area (Å²) in [5.74, 6) is 0.370. The van der Waals surface area contributed by atoms with E-state index in [2.05, 4.69) is 20.2 Å². The van der Waals surface area contributed by atoms with Crippen LogP contribution >= 0.6 is 0 Å². The van der Waals surface area contributed by atoms with Crippen molar-refractivity contribution in [1.29, 1.82) is 0 Å². The lowest BCUT2D eigenvalue weighted by molar-refractivity contribution is 0.429. The van der Waals surface area contributed by atoms with Gasteiger partial charge in [-0.15, -0.1) is 0 Å². The molecule has 2 heterocycles. The number of nitrogens with zero attached hydrogens (tertiary/aromatic N) is 2. The highest BCUT2D eigenvalue weighted by atomic mass is 32.2. The first-order valence-corrected chi connectivity index (χ1v) is 7.73. The van der Waals surface area contributed by atoms with Crippen LogP contribution in [0.25, 0.3) is 0 Å². The minimum absolute atomic E-state index is 0.131. The van der Waals surface area contributed by atoms with E-state index in [-0.39, 0.29) is 10.9 Å². The summed E-state index contributed by atoms with van der Waals surface area (Å²) in [6.45, 7) is 2.47. The van der Waals surface area contributed by atoms with Gasteiger partial charge in [0.15, 0.2) is 5.82 Å². The van der Waals surface area contributed by atoms with E-state index >= 15 is 0 Å². The van der Waals surface area contributed by atoms with E-state index in [0.29, 0.717) is 5.82 Å². The summed E-state index contributed by atoms with van der Waals surface area (Å²) in [7, 11) is -3.72. The van der Waals surface area contributed by atoms with Crippen LogP contribution in [0.5, 0.6) is 0 Å². The largest absolute Gasteiger partial charge is 0.385 e. The number of nitrogens with one attached hydrogen (secondary N) is 2. The number of anilines is 2. The molecule has 0 saturated carbocycles. The van der Waals surface area contributed by atoms with Crippen molar-refractivity contribution in [2.24, 2.45) is 0 Å². The molecule has 1 aliphatic rings. The fraction of sp³-hybridized carbons (Fsp3) is 0.333. The average Bonchev–Trinajstić information content (AvgIpc) is 2.83. The Morgan fingerprint density at radius 3 is 3.00 bits per heavy atom. The molecule has 2 aromatic rings. The van der Waals surface area contributed by atoms with Crippen LogP contribution in [0.2, 0.25) is 0 Å². The molecular formula is C12H14N4O3S. The maximum Gasteiger partial charge on any atom is 0.335 e. The van der Waals surface area contributed by atoms with E-state index in [0.717, 1.165) is 30.6 Å². The van der Waals surface area contributed by atoms with Crippen molar-refractivity contribution in [3.05, 3.63) is 29.6 Å². The normalized spacial score (nSPS) is 14.4. The monoisotopic (exact) mass is 294 g/mol. The van der Waals surface area contributed by atoms with E-state index in [1.807, 2.05) is 6.07 Å². The molecular weight excluding hydrogens is 280 g/mol. The van der Waals surface area contributed by atoms with Gasteiger partial charge in [0.25, 0.3) is 10.0 Å². The Hall–Kier alpha value is -2.09. The first-order valence-electron chi connectivity index (χ1n) is 6.24. The van der Waals surface area contributed by atoms with Gasteiger partial charge in [0.1, 0.15) is 0 Å². The second kappa shape index (κ2) is 4.78. The van der Waals surface area contributed by atoms with E-state index < -0.39 is 10.0 Å². The fourth-order valence-corrected chi connectivity index (χ4v) is 3.07. The van der Waals surface area contributed by atoms with Gasteiger partial charge < -0.3 is 9.84 Å². The molecule has 106 valence electrons. The number of hydrogen-bond donors (Lipinski definition) is 2. The average molecular weight is 294 g/mol. The van der Waals surface area contributed by atoms with E-state index in [1.54, 1.807) is 19.1 Å². The van der Waals surface area contributed by atoms with Gasteiger partial charge in [-0.05, 0) is 37.5 Å². The molecule has 1 aromatic carbocycles. The molecule has 2 N–H and O–H groups in total. The number of sulfonamides is 1. The number of fused-ring (bicyclic) bond motifs is 1. The topological polar surface area (TPSA) is 97.1 Å². The summed E-state index contributed by atoms with van der Waals surface area (Å²) in [4.78, 5) is 3.99. The molecule has 0 fully saturated rings. The van der Waals surface area contributed by atoms with Crippen LogP contribution in [0.3, 0.4) is 0 Å². The Balaban J connectivity index is 1.91. The zero-order chi connectivity index (χ0) is 14.2. The summed E-state index contributed by atoms with van der Waals surface area (Å²) >= 11 is 0. The highest BCUT2D eigenvalue weighted by molar-refractivity contribution is 7.92. The molecule has 0 aliphatic carbocycles. The second-order valence-corrected chi connectivity index (χ2v) is 6.28. The highest BCUT2D eigenvalue weighted by Gasteiger charge is 2.20. The van der Waals surface area contributed by atoms with Gasteiger partial charge in [-0.2, -0.15) is 4.98 Å². The molecule has 0 saturated heterocycles. The van der Waals surface area contributed by atoms with Crippen molar-refractivity contribution in [2.45, 2.75) is 24.7 Å². The predicted molar refractivity (Wildman–Crippen MR) is 73.1 cm³/mol. The van der Waals surface area contributed by atoms with Crippen LogP contribution in [0.15, 0.2) is 27.6 Å². The third-order valence-corrected chi connectivity index (χ3v) is 4.40. The minimum Gasteiger partial charge on any atom is -0.385 e. The summed E-state index contributed by atoms with van der Waals surface area (Å²) in [6.07, 6.45) is 2.01. The standard InChI is InChI=1S/C12H14N4O3S/c1-8-14-12(19-15-8)16-20(17,18)10-5-4-9-3-2-6-13-11(9)7-10/h4-5,7,13H,2-3,6H2,1H3,(H,14,15,16). The molecule has 0 atom stereocenters. The van der Waals surface area contributed by atoms with Crippen molar-refractivity contribution < 1.29 is 12.9 Å². The van der Waals surface area contributed by atoms with Crippen molar-refractivity contribution in [1.82, 2.24) is 10.1 Å². The molecule has 8 heteroatoms. The second-order valence-electron chi connectivity index (χ2n) is 4.60. The molecule has 0 amide bonds. The molecule has 0 spiro atoms. The molecule has 3 rings (SSSR count). The Morgan fingerprint density at radius 1 is 1.40 bits per heavy atom. The molecule has 1 aliphatic heterocycles. The Kier molecular flexibility index (Phi) is 3.09. The fourth-order valence-electron chi connectivity index (χ4n) is 2.12. The van der Waals surface area contributed by atoms with Gasteiger partial charge in [-0.1, -0.05) is 11.2 Å². The number of hydrogen-bond acceptors (Lipinski definition) is 6. The summed E-state index contributed by atoms with van der Waals surface area (Å²) in [5, 5.41) is 6.74. The van der Waals surface area contributed by atoms with Gasteiger partial charge >= 0.3 is 6.01 Å². The predicted octanol–water partition coefficient (Wildman–Crippen LogP) is 1.54. The van der Waals surface area contributed by atoms with Crippen LogP contribution in [0, 0.1) is 6.92 Å². The van der Waals surface area contributed by atoms with Crippen LogP contribution in [0.1, 0.15) is 17.8 Å². The lowest BCUT2D eigenvalue weighted by atomic mass is 10.0. The van der Waals surface area contributed by atoms with Gasteiger partial charge in [0.2, 0.25) is 0 Å². The summed E-state index contributed by atoms with van der Waals surface area (Å²) in [6, 6.07) is 4.90. The number of aryl methyl sites for hydroxylation is 2. The number of benzene rings is 1. The summed E-state index contributed by atoms with van der Waals surface area (Å²) < 4.78 is 31.5. The third-order valence-electron chi connectivity index (χ3n) is 3.08. The zero-order valence-electron chi connectivity index (χ0n) is 10.9. The van der Waals surface area contributed by atoms with Crippen LogP contribution in [-0.4, -0.2) is 25.1 Å². The van der Waals surface area contributed by atoms with Gasteiger partial charge in [-0.3, -0.25) is 0 Å². The van der Waals surface area contributed by atoms with E-state index in [9.17, 15) is 8.42 Å². The molecule has 1 aromatic heterocycles. The smallest absolute Gasteiger partial charge is 0.335 e. The Labute approximate surface area is 116 Å². The van der Waals surface area contributed by atoms with Gasteiger partial charge in [0.05, 0.1) is 4.90 Å². The van der Waals surface area contributed by atoms with Crippen LogP contribution in [0.4, 0.5) is 11.7 Å². The molecule has 0 radical (unpaired) electrons. The maximum atomic E-state index is 12.2. The lowest BCUT2D eigenvalue weighted by Gasteiger charge is -2.18. The zero-order valence-corrected chi connectivity index (χ0v) is 11.7. The first kappa shape index (κ1) is 12.9. The quantitative estimate of drug-likeness (QED) is 0.891. The Morgan fingerprint density at radius 2 is 2.25 bits per heavy atom. The van der Waals surface area contributed by atoms with Crippen LogP contribution in [-0.2, 0) is 16.4 Å². The van der Waals surface area contributed by atoms with Crippen molar-refractivity contribution >= 4 is 21.7 Å². The van der Waals surface area contributed by atoms with E-state index in [4.69, 9.17) is 4.52 Å². The Bertz CT molecular complexity index is 739. The molecule has 7 nitrogen and oxygen atoms in total. The molecule has 0 bridgehead atoms.